The Bertz CT molecular complexity index is 788. The minimum atomic E-state index is 0.918. The van der Waals surface area contributed by atoms with E-state index in [0.29, 0.717) is 0 Å². The summed E-state index contributed by atoms with van der Waals surface area (Å²) in [6, 6.07) is 10.4. The molecule has 0 saturated heterocycles. The van der Waals surface area contributed by atoms with E-state index in [0.717, 1.165) is 28.6 Å². The van der Waals surface area contributed by atoms with Gasteiger partial charge >= 0.3 is 0 Å². The topological polar surface area (TPSA) is 12.9 Å². The molecule has 3 rings (SSSR count). The number of hydrogen-bond donors (Lipinski definition) is 0. The lowest BCUT2D eigenvalue weighted by molar-refractivity contribution is 1.30. The highest BCUT2D eigenvalue weighted by atomic mass is 14.7. The van der Waals surface area contributed by atoms with Crippen molar-refractivity contribution in [1.29, 1.82) is 0 Å². The van der Waals surface area contributed by atoms with E-state index in [4.69, 9.17) is 0 Å². The number of allylic oxidation sites excluding steroid dienone is 9. The van der Waals surface area contributed by atoms with Crippen LogP contribution in [-0.4, -0.2) is 4.98 Å². The van der Waals surface area contributed by atoms with Crippen LogP contribution in [-0.2, 0) is 0 Å². The van der Waals surface area contributed by atoms with Gasteiger partial charge in [0.15, 0.2) is 0 Å². The third kappa shape index (κ3) is 3.26. The van der Waals surface area contributed by atoms with E-state index >= 15 is 0 Å². The van der Waals surface area contributed by atoms with Crippen LogP contribution < -0.4 is 0 Å². The Labute approximate surface area is 125 Å². The molecule has 1 aromatic heterocycles. The van der Waals surface area contributed by atoms with Crippen molar-refractivity contribution in [2.45, 2.75) is 6.42 Å². The SMILES string of the molecule is C=C1C=C(c2cc3ccccc3cn2)/C=C\C/C=C\C=C/1. The van der Waals surface area contributed by atoms with E-state index in [1.54, 1.807) is 0 Å². The van der Waals surface area contributed by atoms with Crippen molar-refractivity contribution < 1.29 is 0 Å². The molecule has 0 unspecified atom stereocenters. The van der Waals surface area contributed by atoms with Gasteiger partial charge in [0.25, 0.3) is 0 Å². The fourth-order valence-electron chi connectivity index (χ4n) is 2.31. The second-order valence-electron chi connectivity index (χ2n) is 5.02. The van der Waals surface area contributed by atoms with Crippen LogP contribution in [0.2, 0.25) is 0 Å². The molecule has 1 heterocycles. The molecule has 0 saturated carbocycles. The highest BCUT2D eigenvalue weighted by molar-refractivity contribution is 5.86. The summed E-state index contributed by atoms with van der Waals surface area (Å²) < 4.78 is 0. The van der Waals surface area contributed by atoms with Crippen molar-refractivity contribution in [3.05, 3.63) is 96.9 Å². The Hall–Kier alpha value is -2.67. The maximum Gasteiger partial charge on any atom is 0.0708 e. The maximum absolute atomic E-state index is 4.59. The van der Waals surface area contributed by atoms with Gasteiger partial charge in [-0.25, -0.2) is 0 Å². The number of nitrogens with zero attached hydrogens (tertiary/aromatic N) is 1. The molecule has 0 N–H and O–H groups in total. The van der Waals surface area contributed by atoms with Crippen LogP contribution in [0.4, 0.5) is 0 Å². The van der Waals surface area contributed by atoms with E-state index < -0.39 is 0 Å². The maximum atomic E-state index is 4.59. The number of benzene rings is 1. The number of rotatable bonds is 1. The van der Waals surface area contributed by atoms with Gasteiger partial charge in [-0.3, -0.25) is 4.98 Å². The molecule has 102 valence electrons. The second-order valence-corrected chi connectivity index (χ2v) is 5.02. The van der Waals surface area contributed by atoms with Crippen LogP contribution in [0, 0.1) is 0 Å². The van der Waals surface area contributed by atoms with Gasteiger partial charge < -0.3 is 0 Å². The molecule has 1 nitrogen and oxygen atoms in total. The van der Waals surface area contributed by atoms with Gasteiger partial charge in [0.1, 0.15) is 0 Å². The largest absolute Gasteiger partial charge is 0.256 e. The molecule has 21 heavy (non-hydrogen) atoms. The zero-order valence-electron chi connectivity index (χ0n) is 11.9. The number of pyridine rings is 1. The van der Waals surface area contributed by atoms with Crippen molar-refractivity contribution in [3.63, 3.8) is 0 Å². The minimum Gasteiger partial charge on any atom is -0.256 e. The Morgan fingerprint density at radius 1 is 0.952 bits per heavy atom. The Morgan fingerprint density at radius 3 is 2.71 bits per heavy atom. The lowest BCUT2D eigenvalue weighted by Gasteiger charge is -2.05. The average Bonchev–Trinajstić information content (AvgIpc) is 2.52. The van der Waals surface area contributed by atoms with Crippen LogP contribution in [0.1, 0.15) is 12.1 Å². The zero-order chi connectivity index (χ0) is 14.5. The lowest BCUT2D eigenvalue weighted by atomic mass is 10.0. The molecular formula is C20H17N. The summed E-state index contributed by atoms with van der Waals surface area (Å²) in [5, 5.41) is 2.36. The second kappa shape index (κ2) is 6.19. The zero-order valence-corrected chi connectivity index (χ0v) is 11.9. The molecule has 1 heteroatoms. The van der Waals surface area contributed by atoms with Crippen molar-refractivity contribution >= 4 is 16.3 Å². The van der Waals surface area contributed by atoms with Crippen molar-refractivity contribution in [2.75, 3.05) is 0 Å². The van der Waals surface area contributed by atoms with E-state index in [1.165, 1.54) is 5.39 Å². The van der Waals surface area contributed by atoms with Gasteiger partial charge in [0.2, 0.25) is 0 Å². The number of fused-ring (bicyclic) bond motifs is 1. The number of hydrogen-bond acceptors (Lipinski definition) is 1. The average molecular weight is 271 g/mol. The third-order valence-electron chi connectivity index (χ3n) is 3.39. The summed E-state index contributed by atoms with van der Waals surface area (Å²) in [6.07, 6.45) is 17.4. The van der Waals surface area contributed by atoms with Crippen molar-refractivity contribution in [2.24, 2.45) is 0 Å². The molecule has 0 spiro atoms. The molecule has 1 aliphatic carbocycles. The van der Waals surface area contributed by atoms with Crippen LogP contribution in [0.25, 0.3) is 16.3 Å². The van der Waals surface area contributed by atoms with Crippen LogP contribution >= 0.6 is 0 Å². The summed E-state index contributed by atoms with van der Waals surface area (Å²) in [5.41, 5.74) is 3.03. The summed E-state index contributed by atoms with van der Waals surface area (Å²) >= 11 is 0. The van der Waals surface area contributed by atoms with Crippen molar-refractivity contribution in [1.82, 2.24) is 4.98 Å². The Kier molecular flexibility index (Phi) is 3.92. The molecule has 0 amide bonds. The van der Waals surface area contributed by atoms with Crippen molar-refractivity contribution in [3.8, 4) is 0 Å². The van der Waals surface area contributed by atoms with Gasteiger partial charge in [0, 0.05) is 17.2 Å². The molecule has 0 radical (unpaired) electrons. The molecular weight excluding hydrogens is 254 g/mol. The standard InChI is InChI=1S/C20H17N/c1-16-9-5-3-2-4-6-11-18(13-16)20-14-17-10-7-8-12-19(17)15-21-20/h2-3,5-15H,1,4H2/b3-2-,9-5-,11-6-,18-13?. The molecule has 1 aromatic carbocycles. The molecule has 1 aliphatic rings. The summed E-state index contributed by atoms with van der Waals surface area (Å²) in [7, 11) is 0. The molecule has 0 atom stereocenters. The highest BCUT2D eigenvalue weighted by Crippen LogP contribution is 2.21. The summed E-state index contributed by atoms with van der Waals surface area (Å²) in [4.78, 5) is 4.59. The smallest absolute Gasteiger partial charge is 0.0708 e. The lowest BCUT2D eigenvalue weighted by Crippen LogP contribution is -1.88. The predicted molar refractivity (Wildman–Crippen MR) is 90.9 cm³/mol. The van der Waals surface area contributed by atoms with Crippen LogP contribution in [0.3, 0.4) is 0 Å². The highest BCUT2D eigenvalue weighted by Gasteiger charge is 2.02. The first-order valence-electron chi connectivity index (χ1n) is 7.08. The monoisotopic (exact) mass is 271 g/mol. The van der Waals surface area contributed by atoms with E-state index in [9.17, 15) is 0 Å². The van der Waals surface area contributed by atoms with E-state index in [1.807, 2.05) is 30.5 Å². The van der Waals surface area contributed by atoms with Gasteiger partial charge in [-0.15, -0.1) is 0 Å². The fourth-order valence-corrected chi connectivity index (χ4v) is 2.31. The van der Waals surface area contributed by atoms with E-state index in [2.05, 4.69) is 60.1 Å². The first-order valence-corrected chi connectivity index (χ1v) is 7.08. The van der Waals surface area contributed by atoms with Gasteiger partial charge in [-0.1, -0.05) is 67.3 Å². The van der Waals surface area contributed by atoms with Crippen LogP contribution in [0.5, 0.6) is 0 Å². The summed E-state index contributed by atoms with van der Waals surface area (Å²) in [5.74, 6) is 0. The Morgan fingerprint density at radius 2 is 1.81 bits per heavy atom. The van der Waals surface area contributed by atoms with Gasteiger partial charge in [0.05, 0.1) is 5.69 Å². The first-order chi connectivity index (χ1) is 10.3. The third-order valence-corrected chi connectivity index (χ3v) is 3.39. The fraction of sp³-hybridized carbons (Fsp3) is 0.0500. The quantitative estimate of drug-likeness (QED) is 0.690. The molecule has 0 bridgehead atoms. The summed E-state index contributed by atoms with van der Waals surface area (Å²) in [6.45, 7) is 4.07. The Balaban J connectivity index is 2.05. The predicted octanol–water partition coefficient (Wildman–Crippen LogP) is 5.25. The first kappa shape index (κ1) is 13.3. The minimum absolute atomic E-state index is 0.918. The van der Waals surface area contributed by atoms with E-state index in [-0.39, 0.29) is 0 Å². The normalized spacial score (nSPS) is 19.8. The van der Waals surface area contributed by atoms with Crippen LogP contribution in [0.15, 0.2) is 91.2 Å². The molecule has 2 aromatic rings. The molecule has 0 fully saturated rings. The number of aromatic nitrogens is 1. The van der Waals surface area contributed by atoms with Gasteiger partial charge in [-0.05, 0) is 29.5 Å². The van der Waals surface area contributed by atoms with Gasteiger partial charge in [-0.2, -0.15) is 0 Å². The molecule has 0 aliphatic heterocycles.